The molecule has 0 radical (unpaired) electrons. The number of hydrogen-bond acceptors (Lipinski definition) is 4. The van der Waals surface area contributed by atoms with Crippen LogP contribution in [0.5, 0.6) is 0 Å². The van der Waals surface area contributed by atoms with Crippen LogP contribution in [0.2, 0.25) is 0 Å². The predicted molar refractivity (Wildman–Crippen MR) is 108 cm³/mol. The van der Waals surface area contributed by atoms with Gasteiger partial charge < -0.3 is 10.2 Å². The van der Waals surface area contributed by atoms with Crippen LogP contribution in [0, 0.1) is 6.92 Å². The van der Waals surface area contributed by atoms with E-state index in [2.05, 4.69) is 15.3 Å². The van der Waals surface area contributed by atoms with Crippen LogP contribution in [0.3, 0.4) is 0 Å². The first-order chi connectivity index (χ1) is 13.5. The Labute approximate surface area is 164 Å². The van der Waals surface area contributed by atoms with Crippen molar-refractivity contribution in [3.63, 3.8) is 0 Å². The normalized spacial score (nSPS) is 10.4. The van der Waals surface area contributed by atoms with Gasteiger partial charge in [-0.25, -0.2) is 4.98 Å². The maximum atomic E-state index is 12.7. The Kier molecular flexibility index (Phi) is 6.11. The molecule has 0 bridgehead atoms. The molecule has 142 valence electrons. The van der Waals surface area contributed by atoms with Crippen LogP contribution in [0.25, 0.3) is 0 Å². The van der Waals surface area contributed by atoms with Crippen LogP contribution >= 0.6 is 0 Å². The van der Waals surface area contributed by atoms with Gasteiger partial charge in [-0.3, -0.25) is 14.6 Å². The molecule has 6 nitrogen and oxygen atoms in total. The van der Waals surface area contributed by atoms with Crippen molar-refractivity contribution in [1.29, 1.82) is 0 Å². The maximum absolute atomic E-state index is 12.7. The Morgan fingerprint density at radius 3 is 2.43 bits per heavy atom. The first-order valence-corrected chi connectivity index (χ1v) is 9.03. The van der Waals surface area contributed by atoms with Crippen molar-refractivity contribution in [2.75, 3.05) is 18.9 Å². The van der Waals surface area contributed by atoms with E-state index < -0.39 is 0 Å². The Balaban J connectivity index is 1.67. The lowest BCUT2D eigenvalue weighted by Crippen LogP contribution is -2.30. The number of para-hydroxylation sites is 1. The molecule has 0 unspecified atom stereocenters. The Bertz CT molecular complexity index is 973. The number of nitrogens with zero attached hydrogens (tertiary/aromatic N) is 3. The summed E-state index contributed by atoms with van der Waals surface area (Å²) in [5.74, 6) is -0.567. The third-order valence-corrected chi connectivity index (χ3v) is 4.43. The number of amides is 2. The van der Waals surface area contributed by atoms with E-state index in [-0.39, 0.29) is 23.2 Å². The van der Waals surface area contributed by atoms with Gasteiger partial charge in [0.1, 0.15) is 11.4 Å². The number of anilines is 1. The first-order valence-electron chi connectivity index (χ1n) is 9.03. The third kappa shape index (κ3) is 4.79. The van der Waals surface area contributed by atoms with Gasteiger partial charge in [-0.05, 0) is 54.8 Å². The van der Waals surface area contributed by atoms with Gasteiger partial charge in [0, 0.05) is 31.7 Å². The molecule has 1 N–H and O–H groups in total. The third-order valence-electron chi connectivity index (χ3n) is 4.43. The van der Waals surface area contributed by atoms with Crippen LogP contribution < -0.4 is 5.32 Å². The molecule has 0 aliphatic carbocycles. The largest absolute Gasteiger partial charge is 0.340 e. The number of likely N-dealkylation sites (N-methyl/N-ethyl adjacent to an activating group) is 1. The number of hydrogen-bond donors (Lipinski definition) is 1. The highest BCUT2D eigenvalue weighted by atomic mass is 16.2. The average Bonchev–Trinajstić information content (AvgIpc) is 2.74. The van der Waals surface area contributed by atoms with Crippen molar-refractivity contribution in [3.05, 3.63) is 89.5 Å². The van der Waals surface area contributed by atoms with E-state index in [4.69, 9.17) is 0 Å². The molecule has 6 heteroatoms. The predicted octanol–water partition coefficient (Wildman–Crippen LogP) is 3.35. The monoisotopic (exact) mass is 374 g/mol. The highest BCUT2D eigenvalue weighted by Gasteiger charge is 2.16. The zero-order valence-electron chi connectivity index (χ0n) is 15.9. The molecule has 0 atom stereocenters. The van der Waals surface area contributed by atoms with E-state index in [1.807, 2.05) is 43.3 Å². The standard InChI is InChI=1S/C22H22N4O2/c1-16-6-3-4-7-18(16)25-21(27)19-8-5-9-20(24-19)22(28)26(2)15-12-17-10-13-23-14-11-17/h3-11,13-14H,12,15H2,1-2H3,(H,25,27). The van der Waals surface area contributed by atoms with E-state index >= 15 is 0 Å². The molecule has 0 aliphatic heterocycles. The molecule has 0 aliphatic rings. The fraction of sp³-hybridized carbons (Fsp3) is 0.182. The number of carbonyl (C=O) groups is 2. The molecular formula is C22H22N4O2. The van der Waals surface area contributed by atoms with Gasteiger partial charge in [0.25, 0.3) is 11.8 Å². The number of benzene rings is 1. The minimum Gasteiger partial charge on any atom is -0.340 e. The SMILES string of the molecule is Cc1ccccc1NC(=O)c1cccc(C(=O)N(C)CCc2ccncc2)n1. The summed E-state index contributed by atoms with van der Waals surface area (Å²) in [6.07, 6.45) is 4.18. The molecule has 0 saturated carbocycles. The highest BCUT2D eigenvalue weighted by molar-refractivity contribution is 6.04. The number of carbonyl (C=O) groups excluding carboxylic acids is 2. The Hall–Kier alpha value is -3.54. The molecule has 2 amide bonds. The van der Waals surface area contributed by atoms with Crippen LogP contribution in [0.15, 0.2) is 67.0 Å². The van der Waals surface area contributed by atoms with Gasteiger partial charge in [-0.2, -0.15) is 0 Å². The summed E-state index contributed by atoms with van der Waals surface area (Å²) in [5.41, 5.74) is 3.24. The van der Waals surface area contributed by atoms with E-state index in [1.54, 1.807) is 42.5 Å². The second-order valence-corrected chi connectivity index (χ2v) is 6.51. The summed E-state index contributed by atoms with van der Waals surface area (Å²) in [4.78, 5) is 35.0. The molecule has 0 spiro atoms. The summed E-state index contributed by atoms with van der Waals surface area (Å²) >= 11 is 0. The fourth-order valence-electron chi connectivity index (χ4n) is 2.72. The quantitative estimate of drug-likeness (QED) is 0.718. The molecule has 3 aromatic rings. The second kappa shape index (κ2) is 8.90. The number of rotatable bonds is 6. The molecule has 0 saturated heterocycles. The summed E-state index contributed by atoms with van der Waals surface area (Å²) < 4.78 is 0. The van der Waals surface area contributed by atoms with Gasteiger partial charge in [0.05, 0.1) is 0 Å². The summed E-state index contributed by atoms with van der Waals surface area (Å²) in [6.45, 7) is 2.46. The summed E-state index contributed by atoms with van der Waals surface area (Å²) in [6, 6.07) is 16.2. The fourth-order valence-corrected chi connectivity index (χ4v) is 2.72. The number of aryl methyl sites for hydroxylation is 1. The van der Waals surface area contributed by atoms with Crippen molar-refractivity contribution in [2.24, 2.45) is 0 Å². The lowest BCUT2D eigenvalue weighted by Gasteiger charge is -2.17. The van der Waals surface area contributed by atoms with Gasteiger partial charge in [0.15, 0.2) is 0 Å². The molecule has 1 aromatic carbocycles. The molecule has 2 aromatic heterocycles. The molecule has 0 fully saturated rings. The van der Waals surface area contributed by atoms with Crippen LogP contribution in [-0.4, -0.2) is 40.3 Å². The van der Waals surface area contributed by atoms with Crippen molar-refractivity contribution in [3.8, 4) is 0 Å². The van der Waals surface area contributed by atoms with Crippen molar-refractivity contribution in [1.82, 2.24) is 14.9 Å². The maximum Gasteiger partial charge on any atom is 0.274 e. The average molecular weight is 374 g/mol. The van der Waals surface area contributed by atoms with Gasteiger partial charge in [-0.15, -0.1) is 0 Å². The van der Waals surface area contributed by atoms with E-state index in [0.29, 0.717) is 6.54 Å². The zero-order valence-corrected chi connectivity index (χ0v) is 15.9. The molecule has 2 heterocycles. The number of pyridine rings is 2. The van der Waals surface area contributed by atoms with Crippen molar-refractivity contribution < 1.29 is 9.59 Å². The van der Waals surface area contributed by atoms with Crippen LogP contribution in [0.4, 0.5) is 5.69 Å². The molecule has 3 rings (SSSR count). The van der Waals surface area contributed by atoms with Gasteiger partial charge in [0.2, 0.25) is 0 Å². The summed E-state index contributed by atoms with van der Waals surface area (Å²) in [5, 5.41) is 2.84. The minimum absolute atomic E-state index is 0.205. The second-order valence-electron chi connectivity index (χ2n) is 6.51. The van der Waals surface area contributed by atoms with E-state index in [0.717, 1.165) is 23.2 Å². The Morgan fingerprint density at radius 2 is 1.68 bits per heavy atom. The molecular weight excluding hydrogens is 352 g/mol. The summed E-state index contributed by atoms with van der Waals surface area (Å²) in [7, 11) is 1.73. The van der Waals surface area contributed by atoms with Gasteiger partial charge in [-0.1, -0.05) is 24.3 Å². The van der Waals surface area contributed by atoms with Crippen molar-refractivity contribution >= 4 is 17.5 Å². The lowest BCUT2D eigenvalue weighted by atomic mass is 10.2. The topological polar surface area (TPSA) is 75.2 Å². The smallest absolute Gasteiger partial charge is 0.274 e. The zero-order chi connectivity index (χ0) is 19.9. The Morgan fingerprint density at radius 1 is 0.964 bits per heavy atom. The minimum atomic E-state index is -0.344. The lowest BCUT2D eigenvalue weighted by molar-refractivity contribution is 0.0790. The number of aromatic nitrogens is 2. The van der Waals surface area contributed by atoms with E-state index in [9.17, 15) is 9.59 Å². The van der Waals surface area contributed by atoms with E-state index in [1.165, 1.54) is 0 Å². The van der Waals surface area contributed by atoms with Crippen molar-refractivity contribution in [2.45, 2.75) is 13.3 Å². The number of nitrogens with one attached hydrogen (secondary N) is 1. The molecule has 28 heavy (non-hydrogen) atoms. The van der Waals surface area contributed by atoms with Gasteiger partial charge >= 0.3 is 0 Å². The van der Waals surface area contributed by atoms with Crippen LogP contribution in [-0.2, 0) is 6.42 Å². The highest BCUT2D eigenvalue weighted by Crippen LogP contribution is 2.14. The van der Waals surface area contributed by atoms with Crippen LogP contribution in [0.1, 0.15) is 32.1 Å². The first kappa shape index (κ1) is 19.2.